The smallest absolute Gasteiger partial charge is 0.262 e. The van der Waals surface area contributed by atoms with Crippen molar-refractivity contribution >= 4 is 27.3 Å². The van der Waals surface area contributed by atoms with Gasteiger partial charge in [-0.1, -0.05) is 24.3 Å². The zero-order valence-electron chi connectivity index (χ0n) is 15.6. The second kappa shape index (κ2) is 8.74. The summed E-state index contributed by atoms with van der Waals surface area (Å²) >= 11 is 0. The molecule has 0 bridgehead atoms. The Morgan fingerprint density at radius 2 is 1.72 bits per heavy atom. The molecule has 0 aromatic heterocycles. The maximum atomic E-state index is 13.5. The highest BCUT2D eigenvalue weighted by Crippen LogP contribution is 2.20. The molecular weight excluding hydrogens is 395 g/mol. The Morgan fingerprint density at radius 3 is 2.41 bits per heavy atom. The van der Waals surface area contributed by atoms with Crippen molar-refractivity contribution in [3.05, 3.63) is 84.2 Å². The van der Waals surface area contributed by atoms with Crippen LogP contribution in [0.25, 0.3) is 0 Å². The van der Waals surface area contributed by atoms with Gasteiger partial charge in [-0.15, -0.1) is 0 Å². The Labute approximate surface area is 168 Å². The monoisotopic (exact) mass is 414 g/mol. The SMILES string of the molecule is Cc1cccc(NS(=O)(=O)c2ccc(OCC(=O)Nc3ccccc3F)cc2)c1. The number of amides is 1. The number of hydrogen-bond donors (Lipinski definition) is 2. The molecule has 29 heavy (non-hydrogen) atoms. The Balaban J connectivity index is 1.59. The number of aryl methyl sites for hydroxylation is 1. The third-order valence-corrected chi connectivity index (χ3v) is 5.32. The van der Waals surface area contributed by atoms with Crippen molar-refractivity contribution < 1.29 is 22.3 Å². The zero-order valence-corrected chi connectivity index (χ0v) is 16.4. The van der Waals surface area contributed by atoms with E-state index in [1.807, 2.05) is 13.0 Å². The van der Waals surface area contributed by atoms with Gasteiger partial charge in [0.1, 0.15) is 11.6 Å². The lowest BCUT2D eigenvalue weighted by molar-refractivity contribution is -0.118. The van der Waals surface area contributed by atoms with Crippen LogP contribution in [0.3, 0.4) is 0 Å². The van der Waals surface area contributed by atoms with E-state index < -0.39 is 21.7 Å². The molecule has 3 aromatic rings. The van der Waals surface area contributed by atoms with Crippen molar-refractivity contribution in [3.8, 4) is 5.75 Å². The molecule has 1 amide bonds. The molecule has 0 unspecified atom stereocenters. The first-order valence-corrected chi connectivity index (χ1v) is 10.2. The van der Waals surface area contributed by atoms with E-state index in [9.17, 15) is 17.6 Å². The van der Waals surface area contributed by atoms with E-state index in [1.54, 1.807) is 24.3 Å². The van der Waals surface area contributed by atoms with Crippen LogP contribution in [0.2, 0.25) is 0 Å². The van der Waals surface area contributed by atoms with E-state index in [4.69, 9.17) is 4.74 Å². The second-order valence-electron chi connectivity index (χ2n) is 6.26. The number of benzene rings is 3. The van der Waals surface area contributed by atoms with Crippen LogP contribution in [-0.4, -0.2) is 20.9 Å². The summed E-state index contributed by atoms with van der Waals surface area (Å²) in [5, 5.41) is 2.40. The molecule has 0 spiro atoms. The number of sulfonamides is 1. The van der Waals surface area contributed by atoms with Crippen molar-refractivity contribution in [2.75, 3.05) is 16.6 Å². The third-order valence-electron chi connectivity index (χ3n) is 3.92. The molecule has 0 aliphatic heterocycles. The number of hydrogen-bond acceptors (Lipinski definition) is 4. The predicted molar refractivity (Wildman–Crippen MR) is 109 cm³/mol. The lowest BCUT2D eigenvalue weighted by Crippen LogP contribution is -2.20. The molecule has 0 saturated heterocycles. The van der Waals surface area contributed by atoms with E-state index in [1.165, 1.54) is 42.5 Å². The minimum Gasteiger partial charge on any atom is -0.484 e. The molecule has 0 heterocycles. The molecule has 150 valence electrons. The maximum absolute atomic E-state index is 13.5. The van der Waals surface area contributed by atoms with E-state index in [2.05, 4.69) is 10.0 Å². The summed E-state index contributed by atoms with van der Waals surface area (Å²) in [6.07, 6.45) is 0. The Bertz CT molecular complexity index is 1120. The average molecular weight is 414 g/mol. The van der Waals surface area contributed by atoms with Crippen LogP contribution in [0.15, 0.2) is 77.7 Å². The standard InChI is InChI=1S/C21H19FN2O4S/c1-15-5-4-6-16(13-15)24-29(26,27)18-11-9-17(10-12-18)28-14-21(25)23-20-8-3-2-7-19(20)22/h2-13,24H,14H2,1H3,(H,23,25). The number of para-hydroxylation sites is 1. The van der Waals surface area contributed by atoms with Gasteiger partial charge >= 0.3 is 0 Å². The molecule has 0 radical (unpaired) electrons. The molecular formula is C21H19FN2O4S. The molecule has 3 rings (SSSR count). The van der Waals surface area contributed by atoms with Crippen LogP contribution in [0.4, 0.5) is 15.8 Å². The maximum Gasteiger partial charge on any atom is 0.262 e. The normalized spacial score (nSPS) is 11.0. The molecule has 0 saturated carbocycles. The van der Waals surface area contributed by atoms with Gasteiger partial charge in [-0.05, 0) is 61.0 Å². The first-order chi connectivity index (χ1) is 13.8. The fourth-order valence-corrected chi connectivity index (χ4v) is 3.58. The number of ether oxygens (including phenoxy) is 1. The molecule has 0 fully saturated rings. The molecule has 0 atom stereocenters. The summed E-state index contributed by atoms with van der Waals surface area (Å²) < 4.78 is 46.3. The minimum absolute atomic E-state index is 0.0576. The van der Waals surface area contributed by atoms with Crippen LogP contribution in [0.5, 0.6) is 5.75 Å². The number of nitrogens with one attached hydrogen (secondary N) is 2. The van der Waals surface area contributed by atoms with Gasteiger partial charge < -0.3 is 10.1 Å². The van der Waals surface area contributed by atoms with Gasteiger partial charge in [0.25, 0.3) is 15.9 Å². The fraction of sp³-hybridized carbons (Fsp3) is 0.0952. The van der Waals surface area contributed by atoms with Crippen molar-refractivity contribution in [2.45, 2.75) is 11.8 Å². The summed E-state index contributed by atoms with van der Waals surface area (Å²) in [6.45, 7) is 1.52. The molecule has 2 N–H and O–H groups in total. The van der Waals surface area contributed by atoms with Crippen molar-refractivity contribution in [1.29, 1.82) is 0 Å². The highest BCUT2D eigenvalue weighted by molar-refractivity contribution is 7.92. The lowest BCUT2D eigenvalue weighted by atomic mass is 10.2. The van der Waals surface area contributed by atoms with Crippen LogP contribution < -0.4 is 14.8 Å². The zero-order chi connectivity index (χ0) is 20.9. The van der Waals surface area contributed by atoms with Crippen molar-refractivity contribution in [1.82, 2.24) is 0 Å². The molecule has 6 nitrogen and oxygen atoms in total. The van der Waals surface area contributed by atoms with Gasteiger partial charge in [0, 0.05) is 5.69 Å². The van der Waals surface area contributed by atoms with Crippen LogP contribution >= 0.6 is 0 Å². The van der Waals surface area contributed by atoms with E-state index in [-0.39, 0.29) is 17.2 Å². The summed E-state index contributed by atoms with van der Waals surface area (Å²) in [7, 11) is -3.75. The fourth-order valence-electron chi connectivity index (χ4n) is 2.54. The van der Waals surface area contributed by atoms with E-state index in [0.717, 1.165) is 5.56 Å². The average Bonchev–Trinajstić information content (AvgIpc) is 2.68. The topological polar surface area (TPSA) is 84.5 Å². The first kappa shape index (κ1) is 20.3. The Hall–Kier alpha value is -3.39. The van der Waals surface area contributed by atoms with Gasteiger partial charge in [-0.2, -0.15) is 0 Å². The van der Waals surface area contributed by atoms with Gasteiger partial charge in [-0.3, -0.25) is 9.52 Å². The summed E-state index contributed by atoms with van der Waals surface area (Å²) in [5.41, 5.74) is 1.46. The summed E-state index contributed by atoms with van der Waals surface area (Å²) in [4.78, 5) is 11.9. The van der Waals surface area contributed by atoms with Crippen LogP contribution in [0, 0.1) is 12.7 Å². The van der Waals surface area contributed by atoms with Crippen molar-refractivity contribution in [3.63, 3.8) is 0 Å². The number of anilines is 2. The van der Waals surface area contributed by atoms with Crippen LogP contribution in [0.1, 0.15) is 5.56 Å². The second-order valence-corrected chi connectivity index (χ2v) is 7.95. The van der Waals surface area contributed by atoms with Crippen molar-refractivity contribution in [2.24, 2.45) is 0 Å². The highest BCUT2D eigenvalue weighted by atomic mass is 32.2. The van der Waals surface area contributed by atoms with Gasteiger partial charge in [0.05, 0.1) is 10.6 Å². The third kappa shape index (κ3) is 5.55. The number of halogens is 1. The van der Waals surface area contributed by atoms with Gasteiger partial charge in [0.2, 0.25) is 0 Å². The first-order valence-electron chi connectivity index (χ1n) is 8.70. The Kier molecular flexibility index (Phi) is 6.13. The van der Waals surface area contributed by atoms with Gasteiger partial charge in [-0.25, -0.2) is 12.8 Å². The Morgan fingerprint density at radius 1 is 1.00 bits per heavy atom. The number of rotatable bonds is 7. The number of carbonyl (C=O) groups is 1. The molecule has 8 heteroatoms. The van der Waals surface area contributed by atoms with Crippen LogP contribution in [-0.2, 0) is 14.8 Å². The molecule has 0 aliphatic carbocycles. The quantitative estimate of drug-likeness (QED) is 0.613. The van der Waals surface area contributed by atoms with E-state index >= 15 is 0 Å². The lowest BCUT2D eigenvalue weighted by Gasteiger charge is -2.10. The largest absolute Gasteiger partial charge is 0.484 e. The van der Waals surface area contributed by atoms with E-state index in [0.29, 0.717) is 11.4 Å². The van der Waals surface area contributed by atoms with Gasteiger partial charge in [0.15, 0.2) is 6.61 Å². The molecule has 0 aliphatic rings. The molecule has 3 aromatic carbocycles. The minimum atomic E-state index is -3.75. The predicted octanol–water partition coefficient (Wildman–Crippen LogP) is 3.95. The highest BCUT2D eigenvalue weighted by Gasteiger charge is 2.14. The summed E-state index contributed by atoms with van der Waals surface area (Å²) in [6, 6.07) is 18.5. The summed E-state index contributed by atoms with van der Waals surface area (Å²) in [5.74, 6) is -0.771. The number of carbonyl (C=O) groups excluding carboxylic acids is 1.